The molecule has 1 atom stereocenters. The molecular formula is C20H26N2O4. The highest BCUT2D eigenvalue weighted by Gasteiger charge is 2.36. The van der Waals surface area contributed by atoms with Crippen molar-refractivity contribution in [2.24, 2.45) is 11.8 Å². The summed E-state index contributed by atoms with van der Waals surface area (Å²) in [6.07, 6.45) is 2.83. The summed E-state index contributed by atoms with van der Waals surface area (Å²) in [5, 5.41) is 0. The Morgan fingerprint density at radius 2 is 2.00 bits per heavy atom. The van der Waals surface area contributed by atoms with Crippen LogP contribution in [0.2, 0.25) is 0 Å². The average Bonchev–Trinajstić information content (AvgIpc) is 3.35. The number of rotatable bonds is 4. The summed E-state index contributed by atoms with van der Waals surface area (Å²) < 4.78 is 10.7. The fraction of sp³-hybridized carbons (Fsp3) is 0.600. The molecule has 6 heteroatoms. The van der Waals surface area contributed by atoms with Crippen LogP contribution in [0, 0.1) is 11.8 Å². The Morgan fingerprint density at radius 3 is 2.73 bits per heavy atom. The lowest BCUT2D eigenvalue weighted by atomic mass is 10.0. The van der Waals surface area contributed by atoms with Gasteiger partial charge in [0.25, 0.3) is 5.91 Å². The Balaban J connectivity index is 1.54. The minimum atomic E-state index is -0.0463. The second kappa shape index (κ2) is 6.82. The first kappa shape index (κ1) is 17.2. The number of hydrogen-bond donors (Lipinski definition) is 0. The van der Waals surface area contributed by atoms with Crippen LogP contribution in [0.4, 0.5) is 0 Å². The molecule has 1 aromatic carbocycles. The van der Waals surface area contributed by atoms with Crippen LogP contribution in [0.15, 0.2) is 18.2 Å². The van der Waals surface area contributed by atoms with Crippen LogP contribution < -0.4 is 9.47 Å². The number of fused-ring (bicyclic) bond motifs is 1. The van der Waals surface area contributed by atoms with E-state index in [0.717, 1.165) is 6.54 Å². The zero-order valence-corrected chi connectivity index (χ0v) is 15.4. The lowest BCUT2D eigenvalue weighted by Crippen LogP contribution is -2.48. The number of carbonyl (C=O) groups excluding carboxylic acids is 2. The summed E-state index contributed by atoms with van der Waals surface area (Å²) in [5.41, 5.74) is 0.583. The summed E-state index contributed by atoms with van der Waals surface area (Å²) in [6.45, 7) is 6.35. The number of benzene rings is 1. The third-order valence-corrected chi connectivity index (χ3v) is 5.55. The molecule has 0 aromatic heterocycles. The van der Waals surface area contributed by atoms with Crippen molar-refractivity contribution in [3.05, 3.63) is 23.8 Å². The largest absolute Gasteiger partial charge is 0.454 e. The normalized spacial score (nSPS) is 22.7. The van der Waals surface area contributed by atoms with Crippen molar-refractivity contribution < 1.29 is 19.1 Å². The van der Waals surface area contributed by atoms with E-state index in [9.17, 15) is 9.59 Å². The maximum absolute atomic E-state index is 13.1. The number of amides is 2. The van der Waals surface area contributed by atoms with Crippen molar-refractivity contribution in [1.29, 1.82) is 0 Å². The molecule has 2 aliphatic heterocycles. The molecule has 140 valence electrons. The van der Waals surface area contributed by atoms with Gasteiger partial charge in [0.15, 0.2) is 11.5 Å². The topological polar surface area (TPSA) is 59.1 Å². The van der Waals surface area contributed by atoms with Crippen molar-refractivity contribution in [1.82, 2.24) is 9.80 Å². The quantitative estimate of drug-likeness (QED) is 0.830. The van der Waals surface area contributed by atoms with E-state index in [1.54, 1.807) is 18.2 Å². The van der Waals surface area contributed by atoms with Crippen LogP contribution in [0.3, 0.4) is 0 Å². The molecule has 0 radical (unpaired) electrons. The standard InChI is InChI=1S/C20H26N2O4/c1-13(2)16-11-21(8-7-19(23)22(16)10-14-3-4-14)20(24)15-5-6-17-18(9-15)26-12-25-17/h5-6,9,13-14,16H,3-4,7-8,10-12H2,1-2H3/t16-/m0/s1. The van der Waals surface area contributed by atoms with Gasteiger partial charge in [-0.05, 0) is 42.9 Å². The Morgan fingerprint density at radius 1 is 1.23 bits per heavy atom. The van der Waals surface area contributed by atoms with Gasteiger partial charge in [-0.25, -0.2) is 0 Å². The molecule has 1 saturated heterocycles. The van der Waals surface area contributed by atoms with Gasteiger partial charge in [-0.3, -0.25) is 9.59 Å². The van der Waals surface area contributed by atoms with Gasteiger partial charge in [0.1, 0.15) is 0 Å². The maximum atomic E-state index is 13.1. The van der Waals surface area contributed by atoms with E-state index in [2.05, 4.69) is 13.8 Å². The van der Waals surface area contributed by atoms with Gasteiger partial charge in [0, 0.05) is 31.6 Å². The van der Waals surface area contributed by atoms with Gasteiger partial charge in [-0.15, -0.1) is 0 Å². The van der Waals surface area contributed by atoms with Crippen LogP contribution in [-0.2, 0) is 4.79 Å². The minimum absolute atomic E-state index is 0.0463. The number of hydrogen-bond acceptors (Lipinski definition) is 4. The summed E-state index contributed by atoms with van der Waals surface area (Å²) in [5.74, 6) is 2.37. The van der Waals surface area contributed by atoms with Gasteiger partial charge >= 0.3 is 0 Å². The fourth-order valence-corrected chi connectivity index (χ4v) is 3.76. The Kier molecular flexibility index (Phi) is 4.51. The second-order valence-electron chi connectivity index (χ2n) is 7.87. The monoisotopic (exact) mass is 358 g/mol. The van der Waals surface area contributed by atoms with Crippen LogP contribution >= 0.6 is 0 Å². The molecular weight excluding hydrogens is 332 g/mol. The van der Waals surface area contributed by atoms with Crippen molar-refractivity contribution in [3.8, 4) is 11.5 Å². The number of ether oxygens (including phenoxy) is 2. The third-order valence-electron chi connectivity index (χ3n) is 5.55. The highest BCUT2D eigenvalue weighted by atomic mass is 16.7. The predicted molar refractivity (Wildman–Crippen MR) is 96.1 cm³/mol. The first-order valence-corrected chi connectivity index (χ1v) is 9.51. The lowest BCUT2D eigenvalue weighted by Gasteiger charge is -2.34. The average molecular weight is 358 g/mol. The molecule has 4 rings (SSSR count). The van der Waals surface area contributed by atoms with E-state index in [1.165, 1.54) is 12.8 Å². The highest BCUT2D eigenvalue weighted by Crippen LogP contribution is 2.34. The predicted octanol–water partition coefficient (Wildman–Crippen LogP) is 2.52. The van der Waals surface area contributed by atoms with E-state index in [4.69, 9.17) is 9.47 Å². The summed E-state index contributed by atoms with van der Waals surface area (Å²) in [7, 11) is 0. The SMILES string of the molecule is CC(C)[C@@H]1CN(C(=O)c2ccc3c(c2)OCO3)CCC(=O)N1CC1CC1. The second-order valence-corrected chi connectivity index (χ2v) is 7.87. The molecule has 2 amide bonds. The zero-order chi connectivity index (χ0) is 18.3. The van der Waals surface area contributed by atoms with Crippen LogP contribution in [-0.4, -0.2) is 54.1 Å². The van der Waals surface area contributed by atoms with E-state index in [1.807, 2.05) is 9.80 Å². The van der Waals surface area contributed by atoms with Gasteiger partial charge in [-0.1, -0.05) is 13.8 Å². The van der Waals surface area contributed by atoms with E-state index in [0.29, 0.717) is 48.4 Å². The summed E-state index contributed by atoms with van der Waals surface area (Å²) in [4.78, 5) is 29.6. The number of carbonyl (C=O) groups is 2. The van der Waals surface area contributed by atoms with Crippen LogP contribution in [0.25, 0.3) is 0 Å². The minimum Gasteiger partial charge on any atom is -0.454 e. The Labute approximate surface area is 154 Å². The molecule has 0 bridgehead atoms. The van der Waals surface area contributed by atoms with Crippen molar-refractivity contribution in [2.45, 2.75) is 39.2 Å². The summed E-state index contributed by atoms with van der Waals surface area (Å²) >= 11 is 0. The molecule has 0 spiro atoms. The molecule has 0 N–H and O–H groups in total. The molecule has 2 fully saturated rings. The molecule has 6 nitrogen and oxygen atoms in total. The zero-order valence-electron chi connectivity index (χ0n) is 15.4. The smallest absolute Gasteiger partial charge is 0.254 e. The van der Waals surface area contributed by atoms with E-state index in [-0.39, 0.29) is 24.6 Å². The molecule has 1 saturated carbocycles. The molecule has 1 aromatic rings. The molecule has 2 heterocycles. The van der Waals surface area contributed by atoms with Gasteiger partial charge in [0.2, 0.25) is 12.7 Å². The molecule has 3 aliphatic rings. The molecule has 0 unspecified atom stereocenters. The molecule has 26 heavy (non-hydrogen) atoms. The van der Waals surface area contributed by atoms with Crippen LogP contribution in [0.5, 0.6) is 11.5 Å². The van der Waals surface area contributed by atoms with Gasteiger partial charge in [-0.2, -0.15) is 0 Å². The third kappa shape index (κ3) is 3.37. The first-order chi connectivity index (χ1) is 12.5. The first-order valence-electron chi connectivity index (χ1n) is 9.51. The van der Waals surface area contributed by atoms with E-state index >= 15 is 0 Å². The van der Waals surface area contributed by atoms with Gasteiger partial charge < -0.3 is 19.3 Å². The van der Waals surface area contributed by atoms with Crippen molar-refractivity contribution >= 4 is 11.8 Å². The fourth-order valence-electron chi connectivity index (χ4n) is 3.76. The highest BCUT2D eigenvalue weighted by molar-refractivity contribution is 5.95. The lowest BCUT2D eigenvalue weighted by molar-refractivity contribution is -0.133. The Hall–Kier alpha value is -2.24. The van der Waals surface area contributed by atoms with Gasteiger partial charge in [0.05, 0.1) is 6.04 Å². The Bertz CT molecular complexity index is 714. The van der Waals surface area contributed by atoms with Crippen molar-refractivity contribution in [3.63, 3.8) is 0 Å². The molecule has 1 aliphatic carbocycles. The van der Waals surface area contributed by atoms with Crippen molar-refractivity contribution in [2.75, 3.05) is 26.4 Å². The van der Waals surface area contributed by atoms with E-state index < -0.39 is 0 Å². The van der Waals surface area contributed by atoms with Crippen LogP contribution in [0.1, 0.15) is 43.5 Å². The summed E-state index contributed by atoms with van der Waals surface area (Å²) in [6, 6.07) is 5.36. The maximum Gasteiger partial charge on any atom is 0.254 e. The number of nitrogens with zero attached hydrogens (tertiary/aromatic N) is 2.